The number of allylic oxidation sites excluding steroid dienone is 5. The SMILES string of the molecule is CC(C)=CCC/C(C)=C/CC/C1=C/CSC[C@H](NC(=O)[C@@H](CCC(N)=O)NC(=O)OC(C)(C)C)C(=O)NN1. The van der Waals surface area contributed by atoms with Crippen molar-refractivity contribution in [1.82, 2.24) is 21.5 Å². The number of nitrogens with one attached hydrogen (secondary N) is 4. The second-order valence-electron chi connectivity index (χ2n) is 10.6. The Bertz CT molecular complexity index is 919. The van der Waals surface area contributed by atoms with Crippen LogP contribution in [-0.4, -0.2) is 53.0 Å². The second kappa shape index (κ2) is 16.8. The summed E-state index contributed by atoms with van der Waals surface area (Å²) in [5.74, 6) is -0.613. The number of ether oxygens (including phenoxy) is 1. The van der Waals surface area contributed by atoms with Crippen molar-refractivity contribution in [1.29, 1.82) is 0 Å². The zero-order valence-corrected chi connectivity index (χ0v) is 24.4. The average molecular weight is 552 g/mol. The summed E-state index contributed by atoms with van der Waals surface area (Å²) in [4.78, 5) is 49.3. The molecule has 0 saturated heterocycles. The highest BCUT2D eigenvalue weighted by Crippen LogP contribution is 2.14. The van der Waals surface area contributed by atoms with Crippen LogP contribution in [0.1, 0.15) is 80.1 Å². The van der Waals surface area contributed by atoms with Crippen LogP contribution in [0.4, 0.5) is 4.79 Å². The number of hydrogen-bond acceptors (Lipinski definition) is 7. The van der Waals surface area contributed by atoms with Crippen LogP contribution in [0.5, 0.6) is 0 Å². The molecule has 4 amide bonds. The smallest absolute Gasteiger partial charge is 0.408 e. The summed E-state index contributed by atoms with van der Waals surface area (Å²) in [6, 6.07) is -1.93. The first kappa shape index (κ1) is 33.1. The molecule has 1 aliphatic heterocycles. The minimum absolute atomic E-state index is 0.0207. The maximum atomic E-state index is 13.0. The van der Waals surface area contributed by atoms with E-state index in [2.05, 4.69) is 54.4 Å². The van der Waals surface area contributed by atoms with Crippen molar-refractivity contribution in [2.24, 2.45) is 5.73 Å². The van der Waals surface area contributed by atoms with Gasteiger partial charge in [-0.15, -0.1) is 0 Å². The van der Waals surface area contributed by atoms with Crippen molar-refractivity contribution in [2.75, 3.05) is 11.5 Å². The molecule has 10 nitrogen and oxygen atoms in total. The van der Waals surface area contributed by atoms with E-state index < -0.39 is 41.5 Å². The highest BCUT2D eigenvalue weighted by molar-refractivity contribution is 7.99. The third-order valence-electron chi connectivity index (χ3n) is 5.40. The van der Waals surface area contributed by atoms with Gasteiger partial charge in [0.05, 0.1) is 0 Å². The van der Waals surface area contributed by atoms with Gasteiger partial charge in [-0.05, 0) is 73.6 Å². The maximum Gasteiger partial charge on any atom is 0.408 e. The van der Waals surface area contributed by atoms with Crippen molar-refractivity contribution in [3.8, 4) is 0 Å². The van der Waals surface area contributed by atoms with Crippen molar-refractivity contribution in [2.45, 2.75) is 97.8 Å². The molecule has 38 heavy (non-hydrogen) atoms. The Labute approximate surface area is 231 Å². The first-order chi connectivity index (χ1) is 17.8. The van der Waals surface area contributed by atoms with Gasteiger partial charge in [0.15, 0.2) is 0 Å². The van der Waals surface area contributed by atoms with Gasteiger partial charge >= 0.3 is 6.09 Å². The van der Waals surface area contributed by atoms with E-state index >= 15 is 0 Å². The molecule has 0 aromatic heterocycles. The number of thioether (sulfide) groups is 1. The number of carbonyl (C=O) groups is 4. The van der Waals surface area contributed by atoms with Crippen molar-refractivity contribution in [3.63, 3.8) is 0 Å². The van der Waals surface area contributed by atoms with E-state index in [0.717, 1.165) is 31.4 Å². The zero-order valence-electron chi connectivity index (χ0n) is 23.6. The summed E-state index contributed by atoms with van der Waals surface area (Å²) >= 11 is 1.51. The van der Waals surface area contributed by atoms with Crippen LogP contribution < -0.4 is 27.2 Å². The van der Waals surface area contributed by atoms with E-state index in [1.54, 1.807) is 20.8 Å². The number of nitrogens with two attached hydrogens (primary N) is 1. The lowest BCUT2D eigenvalue weighted by Gasteiger charge is -2.25. The fourth-order valence-corrected chi connectivity index (χ4v) is 4.34. The Balaban J connectivity index is 2.70. The van der Waals surface area contributed by atoms with E-state index in [9.17, 15) is 19.2 Å². The molecule has 0 aliphatic carbocycles. The standard InChI is InChI=1S/C27H45N5O5S/c1-18(2)9-7-10-19(3)11-8-12-20-15-16-38-17-22(25(35)32-31-20)29-24(34)21(13-14-23(28)33)30-26(36)37-27(4,5)6/h9,11,15,21-22,31H,7-8,10,12-14,16-17H2,1-6H3,(H2,28,33)(H,29,34)(H,30,36)(H,32,35)/b19-11+,20-15-/t21-,22+/m1/s1. The van der Waals surface area contributed by atoms with Crippen molar-refractivity contribution < 1.29 is 23.9 Å². The Kier molecular flexibility index (Phi) is 14.6. The van der Waals surface area contributed by atoms with Gasteiger partial charge < -0.3 is 26.5 Å². The van der Waals surface area contributed by atoms with Crippen LogP contribution in [0.15, 0.2) is 35.1 Å². The normalized spacial score (nSPS) is 18.7. The number of hydrogen-bond donors (Lipinski definition) is 5. The molecule has 1 aliphatic rings. The van der Waals surface area contributed by atoms with Crippen molar-refractivity contribution >= 4 is 35.6 Å². The van der Waals surface area contributed by atoms with Gasteiger partial charge in [0.25, 0.3) is 5.91 Å². The Morgan fingerprint density at radius 2 is 1.87 bits per heavy atom. The summed E-state index contributed by atoms with van der Waals surface area (Å²) in [5, 5.41) is 5.16. The molecular formula is C27H45N5O5S. The van der Waals surface area contributed by atoms with Crippen molar-refractivity contribution in [3.05, 3.63) is 35.1 Å². The molecule has 0 unspecified atom stereocenters. The first-order valence-corrected chi connectivity index (χ1v) is 14.1. The number of alkyl carbamates (subject to hydrolysis) is 1. The Hall–Kier alpha value is -2.95. The molecule has 0 radical (unpaired) electrons. The third kappa shape index (κ3) is 15.3. The summed E-state index contributed by atoms with van der Waals surface area (Å²) in [7, 11) is 0. The van der Waals surface area contributed by atoms with E-state index in [-0.39, 0.29) is 12.8 Å². The largest absolute Gasteiger partial charge is 0.444 e. The summed E-state index contributed by atoms with van der Waals surface area (Å²) in [6.07, 6.45) is 9.19. The van der Waals surface area contributed by atoms with Gasteiger partial charge in [0.2, 0.25) is 11.8 Å². The number of hydrazine groups is 1. The fourth-order valence-electron chi connectivity index (χ4n) is 3.42. The van der Waals surface area contributed by atoms with Gasteiger partial charge in [0.1, 0.15) is 17.7 Å². The summed E-state index contributed by atoms with van der Waals surface area (Å²) in [5.41, 5.74) is 13.7. The highest BCUT2D eigenvalue weighted by atomic mass is 32.2. The molecule has 6 N–H and O–H groups in total. The molecule has 0 aromatic rings. The summed E-state index contributed by atoms with van der Waals surface area (Å²) < 4.78 is 5.22. The van der Waals surface area contributed by atoms with Gasteiger partial charge in [-0.3, -0.25) is 19.8 Å². The van der Waals surface area contributed by atoms with Crippen LogP contribution in [0.3, 0.4) is 0 Å². The molecule has 1 heterocycles. The van der Waals surface area contributed by atoms with E-state index in [4.69, 9.17) is 10.5 Å². The molecule has 214 valence electrons. The van der Waals surface area contributed by atoms with E-state index in [1.165, 1.54) is 22.9 Å². The molecule has 0 fully saturated rings. The predicted octanol–water partition coefficient (Wildman–Crippen LogP) is 3.35. The lowest BCUT2D eigenvalue weighted by atomic mass is 10.1. The lowest BCUT2D eigenvalue weighted by Crippen LogP contribution is -2.56. The number of amides is 4. The summed E-state index contributed by atoms with van der Waals surface area (Å²) in [6.45, 7) is 11.4. The molecule has 11 heteroatoms. The third-order valence-corrected chi connectivity index (χ3v) is 6.37. The van der Waals surface area contributed by atoms with Gasteiger partial charge in [-0.1, -0.05) is 29.4 Å². The minimum atomic E-state index is -1.09. The van der Waals surface area contributed by atoms with E-state index in [1.807, 2.05) is 6.08 Å². The lowest BCUT2D eigenvalue weighted by molar-refractivity contribution is -0.130. The van der Waals surface area contributed by atoms with Gasteiger partial charge in [-0.2, -0.15) is 11.8 Å². The zero-order chi connectivity index (χ0) is 28.7. The Morgan fingerprint density at radius 3 is 2.50 bits per heavy atom. The highest BCUT2D eigenvalue weighted by Gasteiger charge is 2.29. The van der Waals surface area contributed by atoms with Crippen LogP contribution >= 0.6 is 11.8 Å². The predicted molar refractivity (Wildman–Crippen MR) is 152 cm³/mol. The van der Waals surface area contributed by atoms with Gasteiger partial charge in [-0.25, -0.2) is 4.79 Å². The van der Waals surface area contributed by atoms with Gasteiger partial charge in [0, 0.05) is 23.6 Å². The Morgan fingerprint density at radius 1 is 1.16 bits per heavy atom. The molecule has 0 spiro atoms. The maximum absolute atomic E-state index is 13.0. The molecule has 2 atom stereocenters. The topological polar surface area (TPSA) is 152 Å². The molecule has 0 aromatic carbocycles. The monoisotopic (exact) mass is 551 g/mol. The molecule has 1 rings (SSSR count). The average Bonchev–Trinajstić information content (AvgIpc) is 2.87. The number of primary amides is 1. The minimum Gasteiger partial charge on any atom is -0.444 e. The van der Waals surface area contributed by atoms with Crippen LogP contribution in [0.2, 0.25) is 0 Å². The second-order valence-corrected chi connectivity index (χ2v) is 11.6. The van der Waals surface area contributed by atoms with Crippen LogP contribution in [-0.2, 0) is 19.1 Å². The molecular weight excluding hydrogens is 506 g/mol. The van der Waals surface area contributed by atoms with E-state index in [0.29, 0.717) is 11.5 Å². The van der Waals surface area contributed by atoms with Crippen LogP contribution in [0, 0.1) is 0 Å². The quantitative estimate of drug-likeness (QED) is 0.233. The first-order valence-electron chi connectivity index (χ1n) is 13.0. The molecule has 0 bridgehead atoms. The number of carbonyl (C=O) groups excluding carboxylic acids is 4. The fraction of sp³-hybridized carbons (Fsp3) is 0.630. The van der Waals surface area contributed by atoms with Crippen LogP contribution in [0.25, 0.3) is 0 Å². The molecule has 0 saturated carbocycles. The number of rotatable bonds is 12.